The predicted molar refractivity (Wildman–Crippen MR) is 85.7 cm³/mol. The Hall–Kier alpha value is -3.28. The van der Waals surface area contributed by atoms with Gasteiger partial charge in [-0.1, -0.05) is 24.8 Å². The molecule has 0 spiro atoms. The van der Waals surface area contributed by atoms with Gasteiger partial charge in [0, 0.05) is 23.4 Å². The highest BCUT2D eigenvalue weighted by molar-refractivity contribution is 6.00. The number of benzene rings is 2. The first kappa shape index (κ1) is 16.1. The molecule has 2 aromatic carbocycles. The third kappa shape index (κ3) is 3.68. The van der Waals surface area contributed by atoms with Gasteiger partial charge in [-0.05, 0) is 29.8 Å². The molecule has 2 aromatic rings. The van der Waals surface area contributed by atoms with Gasteiger partial charge in [-0.15, -0.1) is 0 Å². The summed E-state index contributed by atoms with van der Waals surface area (Å²) >= 11 is 0. The first-order valence-corrected chi connectivity index (χ1v) is 6.79. The lowest BCUT2D eigenvalue weighted by Crippen LogP contribution is -2.30. The number of nitro groups is 1. The molecule has 0 aliphatic rings. The van der Waals surface area contributed by atoms with Crippen LogP contribution in [0.5, 0.6) is 0 Å². The van der Waals surface area contributed by atoms with Gasteiger partial charge >= 0.3 is 0 Å². The summed E-state index contributed by atoms with van der Waals surface area (Å²) in [5.74, 6) is -0.360. The molecule has 6 nitrogen and oxygen atoms in total. The number of non-ortho nitro benzene ring substituents is 1. The van der Waals surface area contributed by atoms with E-state index in [1.165, 1.54) is 29.2 Å². The number of nitro benzene ring substituents is 1. The van der Waals surface area contributed by atoms with Crippen LogP contribution in [0.1, 0.15) is 15.9 Å². The highest BCUT2D eigenvalue weighted by Crippen LogP contribution is 2.22. The van der Waals surface area contributed by atoms with E-state index >= 15 is 0 Å². The topological polar surface area (TPSA) is 80.5 Å². The summed E-state index contributed by atoms with van der Waals surface area (Å²) < 4.78 is 0. The van der Waals surface area contributed by atoms with Crippen molar-refractivity contribution in [1.82, 2.24) is 4.90 Å². The van der Waals surface area contributed by atoms with Gasteiger partial charge in [0.2, 0.25) is 0 Å². The number of hydrogen-bond acceptors (Lipinski definition) is 4. The first-order valence-electron chi connectivity index (χ1n) is 6.79. The standard InChI is InChI=1S/C17H14N2O4/c1-13(14-7-9-16(10-8-14)19(22)23)18(11-12-20)17(21)15-5-3-2-4-6-15/h2-10,12H,1,11H2. The van der Waals surface area contributed by atoms with E-state index in [-0.39, 0.29) is 18.1 Å². The van der Waals surface area contributed by atoms with Gasteiger partial charge in [-0.25, -0.2) is 0 Å². The molecule has 0 bridgehead atoms. The van der Waals surface area contributed by atoms with E-state index in [1.54, 1.807) is 30.3 Å². The van der Waals surface area contributed by atoms with Gasteiger partial charge in [0.05, 0.1) is 11.5 Å². The molecule has 0 unspecified atom stereocenters. The Labute approximate surface area is 132 Å². The number of amides is 1. The largest absolute Gasteiger partial charge is 0.301 e. The van der Waals surface area contributed by atoms with Gasteiger partial charge in [-0.2, -0.15) is 0 Å². The van der Waals surface area contributed by atoms with Crippen LogP contribution in [0.4, 0.5) is 5.69 Å². The highest BCUT2D eigenvalue weighted by Gasteiger charge is 2.19. The molecule has 2 rings (SSSR count). The Balaban J connectivity index is 2.29. The van der Waals surface area contributed by atoms with E-state index < -0.39 is 4.92 Å². The van der Waals surface area contributed by atoms with Crippen LogP contribution in [-0.2, 0) is 4.79 Å². The van der Waals surface area contributed by atoms with E-state index in [0.29, 0.717) is 23.1 Å². The Morgan fingerprint density at radius 2 is 1.70 bits per heavy atom. The van der Waals surface area contributed by atoms with Crippen molar-refractivity contribution in [2.75, 3.05) is 6.54 Å². The van der Waals surface area contributed by atoms with Gasteiger partial charge in [0.1, 0.15) is 6.29 Å². The monoisotopic (exact) mass is 310 g/mol. The molecular formula is C17H14N2O4. The molecule has 0 heterocycles. The molecule has 1 amide bonds. The molecule has 0 atom stereocenters. The van der Waals surface area contributed by atoms with E-state index in [4.69, 9.17) is 0 Å². The molecule has 0 aliphatic carbocycles. The van der Waals surface area contributed by atoms with Crippen molar-refractivity contribution in [3.63, 3.8) is 0 Å². The van der Waals surface area contributed by atoms with E-state index in [1.807, 2.05) is 0 Å². The second kappa shape index (κ2) is 7.13. The molecule has 6 heteroatoms. The third-order valence-electron chi connectivity index (χ3n) is 3.26. The Morgan fingerprint density at radius 1 is 1.09 bits per heavy atom. The maximum atomic E-state index is 12.5. The molecule has 0 radical (unpaired) electrons. The number of carbonyl (C=O) groups is 2. The van der Waals surface area contributed by atoms with E-state index in [2.05, 4.69) is 6.58 Å². The predicted octanol–water partition coefficient (Wildman–Crippen LogP) is 2.91. The van der Waals surface area contributed by atoms with Crippen LogP contribution in [0.3, 0.4) is 0 Å². The Bertz CT molecular complexity index is 739. The molecule has 0 saturated heterocycles. The van der Waals surface area contributed by atoms with Crippen molar-refractivity contribution in [3.8, 4) is 0 Å². The fraction of sp³-hybridized carbons (Fsp3) is 0.0588. The van der Waals surface area contributed by atoms with E-state index in [0.717, 1.165) is 0 Å². The molecule has 0 aliphatic heterocycles. The Morgan fingerprint density at radius 3 is 2.22 bits per heavy atom. The zero-order valence-corrected chi connectivity index (χ0v) is 12.2. The molecule has 23 heavy (non-hydrogen) atoms. The number of nitrogens with zero attached hydrogens (tertiary/aromatic N) is 2. The lowest BCUT2D eigenvalue weighted by Gasteiger charge is -2.22. The van der Waals surface area contributed by atoms with Crippen LogP contribution in [0.15, 0.2) is 61.2 Å². The normalized spacial score (nSPS) is 9.91. The molecule has 0 fully saturated rings. The zero-order valence-electron chi connectivity index (χ0n) is 12.2. The van der Waals surface area contributed by atoms with Crippen molar-refractivity contribution < 1.29 is 14.5 Å². The fourth-order valence-corrected chi connectivity index (χ4v) is 2.06. The molecule has 116 valence electrons. The van der Waals surface area contributed by atoms with Crippen LogP contribution >= 0.6 is 0 Å². The number of aldehydes is 1. The first-order chi connectivity index (χ1) is 11.0. The molecule has 0 saturated carbocycles. The van der Waals surface area contributed by atoms with Gasteiger partial charge < -0.3 is 9.69 Å². The minimum atomic E-state index is -0.509. The number of carbonyl (C=O) groups excluding carboxylic acids is 2. The smallest absolute Gasteiger partial charge is 0.269 e. The summed E-state index contributed by atoms with van der Waals surface area (Å²) in [6.07, 6.45) is 0.609. The van der Waals surface area contributed by atoms with Crippen molar-refractivity contribution in [1.29, 1.82) is 0 Å². The minimum Gasteiger partial charge on any atom is -0.301 e. The summed E-state index contributed by atoms with van der Waals surface area (Å²) in [4.78, 5) is 34.8. The molecule has 0 N–H and O–H groups in total. The highest BCUT2D eigenvalue weighted by atomic mass is 16.6. The quantitative estimate of drug-likeness (QED) is 0.467. The van der Waals surface area contributed by atoms with Crippen molar-refractivity contribution in [2.45, 2.75) is 0 Å². The second-order valence-corrected chi connectivity index (χ2v) is 4.70. The Kier molecular flexibility index (Phi) is 4.99. The van der Waals surface area contributed by atoms with Crippen LogP contribution in [0.25, 0.3) is 5.70 Å². The number of rotatable bonds is 6. The molecular weight excluding hydrogens is 296 g/mol. The van der Waals surface area contributed by atoms with Crippen LogP contribution in [0, 0.1) is 10.1 Å². The summed E-state index contributed by atoms with van der Waals surface area (Å²) in [6, 6.07) is 14.2. The minimum absolute atomic E-state index is 0.0575. The van der Waals surface area contributed by atoms with Crippen molar-refractivity contribution in [3.05, 3.63) is 82.4 Å². The lowest BCUT2D eigenvalue weighted by molar-refractivity contribution is -0.384. The van der Waals surface area contributed by atoms with Crippen LogP contribution < -0.4 is 0 Å². The van der Waals surface area contributed by atoms with Crippen molar-refractivity contribution in [2.24, 2.45) is 0 Å². The zero-order chi connectivity index (χ0) is 16.8. The van der Waals surface area contributed by atoms with E-state index in [9.17, 15) is 19.7 Å². The van der Waals surface area contributed by atoms with Gasteiger partial charge in [0.15, 0.2) is 0 Å². The summed E-state index contributed by atoms with van der Waals surface area (Å²) in [7, 11) is 0. The van der Waals surface area contributed by atoms with Gasteiger partial charge in [-0.3, -0.25) is 14.9 Å². The SMILES string of the molecule is C=C(c1ccc([N+](=O)[O-])cc1)N(CC=O)C(=O)c1ccccc1. The van der Waals surface area contributed by atoms with Crippen LogP contribution in [-0.4, -0.2) is 28.6 Å². The fourth-order valence-electron chi connectivity index (χ4n) is 2.06. The summed E-state index contributed by atoms with van der Waals surface area (Å²) in [5, 5.41) is 10.7. The van der Waals surface area contributed by atoms with Crippen LogP contribution in [0.2, 0.25) is 0 Å². The van der Waals surface area contributed by atoms with Crippen molar-refractivity contribution >= 4 is 23.6 Å². The maximum absolute atomic E-state index is 12.5. The van der Waals surface area contributed by atoms with Gasteiger partial charge in [0.25, 0.3) is 11.6 Å². The summed E-state index contributed by atoms with van der Waals surface area (Å²) in [6.45, 7) is 3.69. The molecule has 0 aromatic heterocycles. The second-order valence-electron chi connectivity index (χ2n) is 4.70. The number of hydrogen-bond donors (Lipinski definition) is 0. The summed E-state index contributed by atoms with van der Waals surface area (Å²) in [5.41, 5.74) is 1.21. The lowest BCUT2D eigenvalue weighted by atomic mass is 10.1. The average Bonchev–Trinajstić information content (AvgIpc) is 2.59. The third-order valence-corrected chi connectivity index (χ3v) is 3.26. The average molecular weight is 310 g/mol. The maximum Gasteiger partial charge on any atom is 0.269 e.